The SMILES string of the molecule is CCCCC=CSC(=O)N(C(C)C)C(C)C. The van der Waals surface area contributed by atoms with Crippen LogP contribution in [0.15, 0.2) is 11.5 Å². The molecule has 0 unspecified atom stereocenters. The minimum absolute atomic E-state index is 0.151. The molecule has 0 radical (unpaired) electrons. The number of rotatable bonds is 6. The normalized spacial score (nSPS) is 11.7. The Balaban J connectivity index is 4.07. The van der Waals surface area contributed by atoms with Crippen LogP contribution in [0.3, 0.4) is 0 Å². The van der Waals surface area contributed by atoms with Gasteiger partial charge >= 0.3 is 0 Å². The number of nitrogens with zero attached hydrogens (tertiary/aromatic N) is 1. The molecular formula is C13H25NOS. The van der Waals surface area contributed by atoms with E-state index in [1.807, 2.05) is 10.3 Å². The summed E-state index contributed by atoms with van der Waals surface area (Å²) in [7, 11) is 0. The number of carbonyl (C=O) groups excluding carboxylic acids is 1. The van der Waals surface area contributed by atoms with Gasteiger partial charge in [-0.15, -0.1) is 0 Å². The van der Waals surface area contributed by atoms with Crippen LogP contribution >= 0.6 is 11.8 Å². The van der Waals surface area contributed by atoms with E-state index in [-0.39, 0.29) is 17.3 Å². The van der Waals surface area contributed by atoms with Crippen LogP contribution in [0.4, 0.5) is 4.79 Å². The van der Waals surface area contributed by atoms with E-state index in [1.165, 1.54) is 24.6 Å². The van der Waals surface area contributed by atoms with Crippen molar-refractivity contribution in [2.45, 2.75) is 66.0 Å². The van der Waals surface area contributed by atoms with Gasteiger partial charge in [-0.25, -0.2) is 0 Å². The molecular weight excluding hydrogens is 218 g/mol. The van der Waals surface area contributed by atoms with Crippen molar-refractivity contribution in [3.8, 4) is 0 Å². The van der Waals surface area contributed by atoms with Gasteiger partial charge in [-0.2, -0.15) is 0 Å². The van der Waals surface area contributed by atoms with E-state index in [1.54, 1.807) is 0 Å². The number of carbonyl (C=O) groups is 1. The van der Waals surface area contributed by atoms with Crippen molar-refractivity contribution in [2.24, 2.45) is 0 Å². The van der Waals surface area contributed by atoms with Gasteiger partial charge < -0.3 is 4.90 Å². The fourth-order valence-corrected chi connectivity index (χ4v) is 2.47. The third-order valence-corrected chi connectivity index (χ3v) is 3.05. The highest BCUT2D eigenvalue weighted by Gasteiger charge is 2.19. The fourth-order valence-electron chi connectivity index (χ4n) is 1.58. The molecule has 0 aromatic carbocycles. The van der Waals surface area contributed by atoms with Gasteiger partial charge in [-0.1, -0.05) is 25.8 Å². The number of hydrogen-bond acceptors (Lipinski definition) is 2. The summed E-state index contributed by atoms with van der Waals surface area (Å²) < 4.78 is 0. The molecule has 16 heavy (non-hydrogen) atoms. The van der Waals surface area contributed by atoms with Crippen molar-refractivity contribution < 1.29 is 4.79 Å². The van der Waals surface area contributed by atoms with Gasteiger partial charge in [-0.3, -0.25) is 4.79 Å². The van der Waals surface area contributed by atoms with Gasteiger partial charge in [0, 0.05) is 12.1 Å². The topological polar surface area (TPSA) is 20.3 Å². The first-order valence-electron chi connectivity index (χ1n) is 6.14. The maximum absolute atomic E-state index is 11.9. The van der Waals surface area contributed by atoms with Crippen LogP contribution in [0.1, 0.15) is 53.9 Å². The largest absolute Gasteiger partial charge is 0.328 e. The summed E-state index contributed by atoms with van der Waals surface area (Å²) in [6.45, 7) is 10.4. The molecule has 0 saturated carbocycles. The lowest BCUT2D eigenvalue weighted by atomic mass is 10.2. The van der Waals surface area contributed by atoms with Crippen LogP contribution in [0.5, 0.6) is 0 Å². The van der Waals surface area contributed by atoms with Crippen molar-refractivity contribution in [3.63, 3.8) is 0 Å². The Kier molecular flexibility index (Phi) is 8.44. The highest BCUT2D eigenvalue weighted by molar-refractivity contribution is 8.16. The summed E-state index contributed by atoms with van der Waals surface area (Å²) in [4.78, 5) is 13.8. The van der Waals surface area contributed by atoms with Gasteiger partial charge in [0.1, 0.15) is 0 Å². The molecule has 0 saturated heterocycles. The van der Waals surface area contributed by atoms with Crippen molar-refractivity contribution in [2.75, 3.05) is 0 Å². The smallest absolute Gasteiger partial charge is 0.286 e. The Hall–Kier alpha value is -0.440. The number of amides is 1. The van der Waals surface area contributed by atoms with Gasteiger partial charge in [-0.05, 0) is 51.3 Å². The quantitative estimate of drug-likeness (QED) is 0.632. The van der Waals surface area contributed by atoms with E-state index in [2.05, 4.69) is 40.7 Å². The minimum Gasteiger partial charge on any atom is -0.328 e. The summed E-state index contributed by atoms with van der Waals surface area (Å²) in [6, 6.07) is 0.535. The molecule has 0 aliphatic heterocycles. The number of allylic oxidation sites excluding steroid dienone is 1. The second-order valence-electron chi connectivity index (χ2n) is 4.49. The lowest BCUT2D eigenvalue weighted by molar-refractivity contribution is 0.190. The molecule has 2 nitrogen and oxygen atoms in total. The Labute approximate surface area is 104 Å². The first-order chi connectivity index (χ1) is 7.50. The third-order valence-electron chi connectivity index (χ3n) is 2.31. The average Bonchev–Trinajstić information content (AvgIpc) is 2.16. The average molecular weight is 243 g/mol. The maximum Gasteiger partial charge on any atom is 0.286 e. The van der Waals surface area contributed by atoms with Crippen molar-refractivity contribution >= 4 is 17.0 Å². The molecule has 0 heterocycles. The highest BCUT2D eigenvalue weighted by atomic mass is 32.2. The molecule has 3 heteroatoms. The lowest BCUT2D eigenvalue weighted by Crippen LogP contribution is -2.39. The fraction of sp³-hybridized carbons (Fsp3) is 0.769. The molecule has 0 N–H and O–H groups in total. The number of unbranched alkanes of at least 4 members (excludes halogenated alkanes) is 2. The van der Waals surface area contributed by atoms with E-state index in [9.17, 15) is 4.79 Å². The summed E-state index contributed by atoms with van der Waals surface area (Å²) in [6.07, 6.45) is 5.56. The predicted molar refractivity (Wildman–Crippen MR) is 73.8 cm³/mol. The lowest BCUT2D eigenvalue weighted by Gasteiger charge is -2.29. The first-order valence-corrected chi connectivity index (χ1v) is 7.02. The number of hydrogen-bond donors (Lipinski definition) is 0. The predicted octanol–water partition coefficient (Wildman–Crippen LogP) is 4.66. The van der Waals surface area contributed by atoms with E-state index in [4.69, 9.17) is 0 Å². The number of thioether (sulfide) groups is 1. The van der Waals surface area contributed by atoms with Crippen molar-refractivity contribution in [3.05, 3.63) is 11.5 Å². The molecule has 0 aliphatic carbocycles. The van der Waals surface area contributed by atoms with Crippen LogP contribution in [0.2, 0.25) is 0 Å². The zero-order valence-electron chi connectivity index (χ0n) is 11.2. The van der Waals surface area contributed by atoms with E-state index >= 15 is 0 Å². The van der Waals surface area contributed by atoms with Crippen LogP contribution in [0, 0.1) is 0 Å². The zero-order valence-corrected chi connectivity index (χ0v) is 12.0. The third kappa shape index (κ3) is 6.21. The maximum atomic E-state index is 11.9. The summed E-state index contributed by atoms with van der Waals surface area (Å²) in [5.41, 5.74) is 0. The van der Waals surface area contributed by atoms with Crippen LogP contribution in [-0.2, 0) is 0 Å². The Morgan fingerprint density at radius 3 is 2.25 bits per heavy atom. The second kappa shape index (κ2) is 8.68. The molecule has 0 fully saturated rings. The van der Waals surface area contributed by atoms with E-state index in [0.29, 0.717) is 0 Å². The van der Waals surface area contributed by atoms with E-state index in [0.717, 1.165) is 6.42 Å². The Morgan fingerprint density at radius 2 is 1.81 bits per heavy atom. The van der Waals surface area contributed by atoms with Gasteiger partial charge in [0.2, 0.25) is 0 Å². The van der Waals surface area contributed by atoms with Gasteiger partial charge in [0.15, 0.2) is 0 Å². The Morgan fingerprint density at radius 1 is 1.25 bits per heavy atom. The second-order valence-corrected chi connectivity index (χ2v) is 5.35. The van der Waals surface area contributed by atoms with Gasteiger partial charge in [0.25, 0.3) is 5.24 Å². The summed E-state index contributed by atoms with van der Waals surface area (Å²) in [5.74, 6) is 0. The van der Waals surface area contributed by atoms with Crippen molar-refractivity contribution in [1.82, 2.24) is 4.90 Å². The molecule has 0 aliphatic rings. The molecule has 1 amide bonds. The highest BCUT2D eigenvalue weighted by Crippen LogP contribution is 2.16. The monoisotopic (exact) mass is 243 g/mol. The van der Waals surface area contributed by atoms with Crippen molar-refractivity contribution in [1.29, 1.82) is 0 Å². The molecule has 94 valence electrons. The molecule has 0 spiro atoms. The minimum atomic E-state index is 0.151. The Bertz CT molecular complexity index is 216. The van der Waals surface area contributed by atoms with Crippen LogP contribution < -0.4 is 0 Å². The molecule has 0 bridgehead atoms. The zero-order chi connectivity index (χ0) is 12.6. The standard InChI is InChI=1S/C13H25NOS/c1-6-7-8-9-10-16-13(15)14(11(2)3)12(4)5/h9-12H,6-8H2,1-5H3. The van der Waals surface area contributed by atoms with Gasteiger partial charge in [0.05, 0.1) is 0 Å². The molecule has 0 rings (SSSR count). The first kappa shape index (κ1) is 15.6. The van der Waals surface area contributed by atoms with Crippen LogP contribution in [0.25, 0.3) is 0 Å². The molecule has 0 aromatic heterocycles. The molecule has 0 atom stereocenters. The van der Waals surface area contributed by atoms with E-state index < -0.39 is 0 Å². The summed E-state index contributed by atoms with van der Waals surface area (Å²) >= 11 is 1.30. The molecule has 0 aromatic rings. The summed E-state index contributed by atoms with van der Waals surface area (Å²) in [5, 5.41) is 2.08. The van der Waals surface area contributed by atoms with Crippen LogP contribution in [-0.4, -0.2) is 22.2 Å².